The predicted octanol–water partition coefficient (Wildman–Crippen LogP) is 8.42. The van der Waals surface area contributed by atoms with Crippen LogP contribution in [0.3, 0.4) is 0 Å². The largest absolute Gasteiger partial charge is 0.318 e. The number of nitrogens with zero attached hydrogens (tertiary/aromatic N) is 2. The number of thioether (sulfide) groups is 1. The quantitative estimate of drug-likeness (QED) is 0.328. The minimum absolute atomic E-state index is 0.122. The lowest BCUT2D eigenvalue weighted by molar-refractivity contribution is -0.115. The van der Waals surface area contributed by atoms with Crippen molar-refractivity contribution in [2.24, 2.45) is 22.7 Å². The number of rotatable bonds is 4. The maximum atomic E-state index is 12.8. The molecule has 8 rings (SSSR count). The summed E-state index contributed by atoms with van der Waals surface area (Å²) in [4.78, 5) is 18.1. The number of halogens is 1. The van der Waals surface area contributed by atoms with Crippen molar-refractivity contribution < 1.29 is 4.79 Å². The summed E-state index contributed by atoms with van der Waals surface area (Å²) >= 11 is 7.62. The third kappa shape index (κ3) is 4.38. The number of amidine groups is 1. The van der Waals surface area contributed by atoms with Gasteiger partial charge in [0.2, 0.25) is 0 Å². The molecule has 200 valence electrons. The van der Waals surface area contributed by atoms with E-state index in [4.69, 9.17) is 11.6 Å². The third-order valence-corrected chi connectivity index (χ3v) is 11.0. The van der Waals surface area contributed by atoms with Crippen molar-refractivity contribution in [3.05, 3.63) is 86.5 Å². The molecular formula is C33H34ClN3OS. The second-order valence-corrected chi connectivity index (χ2v) is 13.7. The van der Waals surface area contributed by atoms with Crippen LogP contribution in [0.1, 0.15) is 66.6 Å². The van der Waals surface area contributed by atoms with Crippen molar-refractivity contribution in [3.63, 3.8) is 0 Å². The molecule has 1 saturated heterocycles. The number of nitrogens with one attached hydrogen (secondary N) is 1. The fourth-order valence-corrected chi connectivity index (χ4v) is 9.20. The van der Waals surface area contributed by atoms with Crippen LogP contribution in [0, 0.1) is 38.5 Å². The molecule has 3 aromatic rings. The van der Waals surface area contributed by atoms with Gasteiger partial charge in [-0.15, -0.1) is 0 Å². The highest BCUT2D eigenvalue weighted by molar-refractivity contribution is 8.18. The molecule has 4 bridgehead atoms. The maximum Gasteiger partial charge on any atom is 0.264 e. The number of aryl methyl sites for hydroxylation is 1. The smallest absolute Gasteiger partial charge is 0.264 e. The van der Waals surface area contributed by atoms with Crippen molar-refractivity contribution in [2.75, 3.05) is 0 Å². The highest BCUT2D eigenvalue weighted by Gasteiger charge is 2.51. The summed E-state index contributed by atoms with van der Waals surface area (Å²) in [6.45, 7) is 6.21. The van der Waals surface area contributed by atoms with Crippen molar-refractivity contribution in [2.45, 2.75) is 64.7 Å². The Bertz CT molecular complexity index is 1510. The van der Waals surface area contributed by atoms with E-state index in [2.05, 4.69) is 59.1 Å². The summed E-state index contributed by atoms with van der Waals surface area (Å²) in [5, 5.41) is 4.15. The Hall–Kier alpha value is -2.76. The number of amides is 1. The molecule has 1 aromatic heterocycles. The molecule has 2 heterocycles. The fraction of sp³-hybridized carbons (Fsp3) is 0.394. The van der Waals surface area contributed by atoms with Gasteiger partial charge >= 0.3 is 0 Å². The highest BCUT2D eigenvalue weighted by Crippen LogP contribution is 2.60. The maximum absolute atomic E-state index is 12.8. The van der Waals surface area contributed by atoms with Gasteiger partial charge in [-0.3, -0.25) is 4.79 Å². The van der Waals surface area contributed by atoms with Crippen molar-refractivity contribution in [1.29, 1.82) is 0 Å². The number of hydrogen-bond donors (Lipinski definition) is 1. The molecule has 2 aromatic carbocycles. The van der Waals surface area contributed by atoms with E-state index in [0.717, 1.165) is 46.0 Å². The average Bonchev–Trinajstić information content (AvgIpc) is 3.38. The van der Waals surface area contributed by atoms with Crippen molar-refractivity contribution >= 4 is 46.2 Å². The fourth-order valence-electron chi connectivity index (χ4n) is 8.21. The number of aliphatic imine (C=N–C) groups is 1. The summed E-state index contributed by atoms with van der Waals surface area (Å²) in [5.41, 5.74) is 8.16. The first-order valence-electron chi connectivity index (χ1n) is 14.1. The monoisotopic (exact) mass is 555 g/mol. The number of benzene rings is 2. The molecule has 39 heavy (non-hydrogen) atoms. The Morgan fingerprint density at radius 2 is 1.67 bits per heavy atom. The van der Waals surface area contributed by atoms with E-state index in [1.165, 1.54) is 56.0 Å². The second kappa shape index (κ2) is 9.42. The van der Waals surface area contributed by atoms with Crippen molar-refractivity contribution in [1.82, 2.24) is 9.88 Å². The lowest BCUT2D eigenvalue weighted by Crippen LogP contribution is -2.48. The first kappa shape index (κ1) is 25.2. The minimum Gasteiger partial charge on any atom is -0.318 e. The van der Waals surface area contributed by atoms with E-state index >= 15 is 0 Å². The van der Waals surface area contributed by atoms with E-state index < -0.39 is 0 Å². The molecule has 5 aliphatic rings. The molecule has 4 saturated carbocycles. The lowest BCUT2D eigenvalue weighted by Gasteiger charge is -2.57. The van der Waals surface area contributed by atoms with E-state index in [-0.39, 0.29) is 5.91 Å². The van der Waals surface area contributed by atoms with Crippen LogP contribution in [-0.4, -0.2) is 15.6 Å². The number of hydrogen-bond acceptors (Lipinski definition) is 3. The second-order valence-electron chi connectivity index (χ2n) is 12.3. The van der Waals surface area contributed by atoms with E-state index in [1.54, 1.807) is 5.56 Å². The molecule has 1 aliphatic heterocycles. The van der Waals surface area contributed by atoms with Crippen LogP contribution < -0.4 is 5.32 Å². The zero-order valence-electron chi connectivity index (χ0n) is 22.8. The molecule has 1 amide bonds. The topological polar surface area (TPSA) is 46.4 Å². The summed E-state index contributed by atoms with van der Waals surface area (Å²) in [6, 6.07) is 17.2. The van der Waals surface area contributed by atoms with E-state index in [0.29, 0.717) is 20.5 Å². The third-order valence-electron chi connectivity index (χ3n) is 9.64. The predicted molar refractivity (Wildman–Crippen MR) is 162 cm³/mol. The molecular weight excluding hydrogens is 522 g/mol. The standard InChI is InChI=1S/C33H34ClN3OS/c1-19-11-25(15-30-31(38)36-32(39-30)35-29-6-4-5-28(34)20(29)2)21(3)37(19)27-9-7-26(8-10-27)33-16-22-12-23(17-33)14-24(13-22)18-33/h4-11,15,22-24H,12-14,16-18H2,1-3H3,(H,35,36,38)/b30-15-. The van der Waals surface area contributed by atoms with Gasteiger partial charge in [-0.2, -0.15) is 0 Å². The van der Waals surface area contributed by atoms with E-state index in [9.17, 15) is 4.79 Å². The Kier molecular flexibility index (Phi) is 6.09. The number of carbonyl (C=O) groups is 1. The zero-order valence-corrected chi connectivity index (χ0v) is 24.3. The van der Waals surface area contributed by atoms with Crippen LogP contribution >= 0.6 is 23.4 Å². The van der Waals surface area contributed by atoms with Gasteiger partial charge in [-0.25, -0.2) is 4.99 Å². The molecule has 0 radical (unpaired) electrons. The van der Waals surface area contributed by atoms with Gasteiger partial charge in [0.1, 0.15) is 0 Å². The molecule has 1 N–H and O–H groups in total. The summed E-state index contributed by atoms with van der Waals surface area (Å²) in [6.07, 6.45) is 10.6. The Labute approximate surface area is 239 Å². The van der Waals surface area contributed by atoms with Gasteiger partial charge in [-0.05, 0) is 147 Å². The van der Waals surface area contributed by atoms with Crippen LogP contribution in [0.4, 0.5) is 5.69 Å². The SMILES string of the molecule is Cc1c(Cl)cccc1N=C1NC(=O)/C(=C/c2cc(C)n(-c3ccc(C45CC6CC(CC(C6)C4)C5)cc3)c2C)S1. The molecule has 6 heteroatoms. The van der Waals surface area contributed by atoms with Gasteiger partial charge in [0.05, 0.1) is 10.6 Å². The average molecular weight is 556 g/mol. The van der Waals surface area contributed by atoms with Crippen LogP contribution in [-0.2, 0) is 10.2 Å². The molecule has 4 aliphatic carbocycles. The van der Waals surface area contributed by atoms with Gasteiger partial charge < -0.3 is 9.88 Å². The molecule has 0 spiro atoms. The molecule has 0 unspecified atom stereocenters. The number of aromatic nitrogens is 1. The van der Waals surface area contributed by atoms with Crippen LogP contribution in [0.5, 0.6) is 0 Å². The summed E-state index contributed by atoms with van der Waals surface area (Å²) in [7, 11) is 0. The van der Waals surface area contributed by atoms with Gasteiger partial charge in [0, 0.05) is 22.1 Å². The summed E-state index contributed by atoms with van der Waals surface area (Å²) < 4.78 is 2.30. The highest BCUT2D eigenvalue weighted by atomic mass is 35.5. The number of carbonyl (C=O) groups excluding carboxylic acids is 1. The first-order chi connectivity index (χ1) is 18.8. The molecule has 5 fully saturated rings. The molecule has 0 atom stereocenters. The van der Waals surface area contributed by atoms with Crippen LogP contribution in [0.25, 0.3) is 11.8 Å². The van der Waals surface area contributed by atoms with E-state index in [1.807, 2.05) is 31.2 Å². The first-order valence-corrected chi connectivity index (χ1v) is 15.3. The van der Waals surface area contributed by atoms with Gasteiger partial charge in [-0.1, -0.05) is 29.8 Å². The van der Waals surface area contributed by atoms with Crippen LogP contribution in [0.2, 0.25) is 5.02 Å². The Morgan fingerprint density at radius 1 is 1.00 bits per heavy atom. The summed E-state index contributed by atoms with van der Waals surface area (Å²) in [5.74, 6) is 2.73. The zero-order chi connectivity index (χ0) is 26.9. The molecule has 4 nitrogen and oxygen atoms in total. The Balaban J connectivity index is 1.14. The van der Waals surface area contributed by atoms with Crippen LogP contribution in [0.15, 0.2) is 58.4 Å². The normalized spacial score (nSPS) is 29.5. The van der Waals surface area contributed by atoms with Gasteiger partial charge in [0.25, 0.3) is 5.91 Å². The van der Waals surface area contributed by atoms with Crippen molar-refractivity contribution in [3.8, 4) is 5.69 Å². The van der Waals surface area contributed by atoms with Gasteiger partial charge in [0.15, 0.2) is 5.17 Å². The lowest BCUT2D eigenvalue weighted by atomic mass is 9.48. The minimum atomic E-state index is -0.122. The Morgan fingerprint density at radius 3 is 2.33 bits per heavy atom.